The summed E-state index contributed by atoms with van der Waals surface area (Å²) in [6.07, 6.45) is 2.58. The van der Waals surface area contributed by atoms with Gasteiger partial charge in [0.2, 0.25) is 0 Å². The van der Waals surface area contributed by atoms with Crippen molar-refractivity contribution in [2.24, 2.45) is 4.99 Å². The average molecular weight is 375 g/mol. The van der Waals surface area contributed by atoms with Crippen LogP contribution in [0.1, 0.15) is 32.2 Å². The maximum Gasteiger partial charge on any atom is 0.191 e. The van der Waals surface area contributed by atoms with Crippen LogP contribution < -0.4 is 15.5 Å². The van der Waals surface area contributed by atoms with Crippen molar-refractivity contribution in [3.63, 3.8) is 0 Å². The zero-order chi connectivity index (χ0) is 19.6. The van der Waals surface area contributed by atoms with Crippen molar-refractivity contribution >= 4 is 11.6 Å². The van der Waals surface area contributed by atoms with Crippen molar-refractivity contribution in [2.75, 3.05) is 31.6 Å². The van der Waals surface area contributed by atoms with Gasteiger partial charge in [-0.25, -0.2) is 4.39 Å². The Hall–Kier alpha value is -2.64. The fourth-order valence-corrected chi connectivity index (χ4v) is 2.92. The minimum atomic E-state index is -0.194. The summed E-state index contributed by atoms with van der Waals surface area (Å²) in [5.41, 5.74) is 1.52. The molecule has 7 nitrogen and oxygen atoms in total. The summed E-state index contributed by atoms with van der Waals surface area (Å²) in [6.45, 7) is 9.63. The highest BCUT2D eigenvalue weighted by molar-refractivity contribution is 5.79. The minimum absolute atomic E-state index is 0.194. The van der Waals surface area contributed by atoms with E-state index < -0.39 is 0 Å². The lowest BCUT2D eigenvalue weighted by Gasteiger charge is -2.22. The van der Waals surface area contributed by atoms with E-state index in [9.17, 15) is 4.39 Å². The molecule has 0 fully saturated rings. The number of aryl methyl sites for hydroxylation is 1. The molecule has 2 rings (SSSR count). The molecule has 1 aromatic carbocycles. The van der Waals surface area contributed by atoms with Crippen LogP contribution in [0, 0.1) is 5.82 Å². The highest BCUT2D eigenvalue weighted by atomic mass is 19.1. The first kappa shape index (κ1) is 20.7. The number of halogens is 1. The van der Waals surface area contributed by atoms with Crippen molar-refractivity contribution < 1.29 is 4.39 Å². The van der Waals surface area contributed by atoms with E-state index in [-0.39, 0.29) is 5.82 Å². The number of aliphatic imine (C=N–C) groups is 1. The highest BCUT2D eigenvalue weighted by Crippen LogP contribution is 2.20. The summed E-state index contributed by atoms with van der Waals surface area (Å²) in [5, 5.41) is 14.5. The van der Waals surface area contributed by atoms with E-state index in [4.69, 9.17) is 0 Å². The molecule has 2 aromatic rings. The molecule has 0 aliphatic carbocycles. The average Bonchev–Trinajstić information content (AvgIpc) is 3.14. The molecule has 27 heavy (non-hydrogen) atoms. The Morgan fingerprint density at radius 1 is 1.22 bits per heavy atom. The van der Waals surface area contributed by atoms with Crippen molar-refractivity contribution in [3.8, 4) is 0 Å². The smallest absolute Gasteiger partial charge is 0.191 e. The largest absolute Gasteiger partial charge is 0.370 e. The van der Waals surface area contributed by atoms with Crippen LogP contribution in [-0.4, -0.2) is 47.4 Å². The molecule has 0 atom stereocenters. The second kappa shape index (κ2) is 10.5. The number of aromatic nitrogens is 3. The lowest BCUT2D eigenvalue weighted by atomic mass is 10.2. The summed E-state index contributed by atoms with van der Waals surface area (Å²) in [7, 11) is 1.72. The molecule has 2 N–H and O–H groups in total. The highest BCUT2D eigenvalue weighted by Gasteiger charge is 2.09. The summed E-state index contributed by atoms with van der Waals surface area (Å²) >= 11 is 0. The van der Waals surface area contributed by atoms with Gasteiger partial charge in [0, 0.05) is 46.2 Å². The van der Waals surface area contributed by atoms with Gasteiger partial charge < -0.3 is 20.1 Å². The van der Waals surface area contributed by atoms with Crippen molar-refractivity contribution in [1.29, 1.82) is 0 Å². The number of nitrogens with zero attached hydrogens (tertiary/aromatic N) is 5. The van der Waals surface area contributed by atoms with Crippen LogP contribution in [0.4, 0.5) is 10.1 Å². The fraction of sp³-hybridized carbons (Fsp3) is 0.526. The topological polar surface area (TPSA) is 70.4 Å². The van der Waals surface area contributed by atoms with Gasteiger partial charge in [-0.1, -0.05) is 13.0 Å². The normalized spacial score (nSPS) is 11.5. The molecule has 0 unspecified atom stereocenters. The van der Waals surface area contributed by atoms with Gasteiger partial charge in [0.15, 0.2) is 5.96 Å². The molecule has 1 aromatic heterocycles. The third-order valence-corrected chi connectivity index (χ3v) is 4.46. The Morgan fingerprint density at radius 2 is 2.00 bits per heavy atom. The number of hydrogen-bond donors (Lipinski definition) is 2. The van der Waals surface area contributed by atoms with Crippen molar-refractivity contribution in [2.45, 2.75) is 40.3 Å². The summed E-state index contributed by atoms with van der Waals surface area (Å²) in [5.74, 6) is 1.44. The third-order valence-electron chi connectivity index (χ3n) is 4.46. The van der Waals surface area contributed by atoms with Gasteiger partial charge in [-0.2, -0.15) is 0 Å². The monoisotopic (exact) mass is 375 g/mol. The lowest BCUT2D eigenvalue weighted by Crippen LogP contribution is -2.38. The Morgan fingerprint density at radius 3 is 2.63 bits per heavy atom. The maximum atomic E-state index is 14.4. The molecular formula is C19H30FN7. The number of guanidine groups is 1. The standard InChI is InChI=1S/C19H30FN7/c1-5-18-25-24-14-27(18)11-10-22-19(21-4)23-13-15-8-9-17(16(20)12-15)26(6-2)7-3/h8-9,12,14H,5-7,10-11,13H2,1-4H3,(H2,21,22,23). The summed E-state index contributed by atoms with van der Waals surface area (Å²) in [6, 6.07) is 5.37. The second-order valence-corrected chi connectivity index (χ2v) is 6.10. The van der Waals surface area contributed by atoms with Crippen LogP contribution in [0.15, 0.2) is 29.5 Å². The Balaban J connectivity index is 1.86. The van der Waals surface area contributed by atoms with Gasteiger partial charge in [0.25, 0.3) is 0 Å². The predicted molar refractivity (Wildman–Crippen MR) is 108 cm³/mol. The molecule has 1 heterocycles. The maximum absolute atomic E-state index is 14.4. The van der Waals surface area contributed by atoms with E-state index in [2.05, 4.69) is 32.7 Å². The first-order chi connectivity index (χ1) is 13.1. The first-order valence-electron chi connectivity index (χ1n) is 9.47. The van der Waals surface area contributed by atoms with Gasteiger partial charge >= 0.3 is 0 Å². The number of anilines is 1. The zero-order valence-corrected chi connectivity index (χ0v) is 16.7. The number of benzene rings is 1. The van der Waals surface area contributed by atoms with Crippen molar-refractivity contribution in [3.05, 3.63) is 41.7 Å². The fourth-order valence-electron chi connectivity index (χ4n) is 2.92. The SMILES string of the molecule is CCc1nncn1CCNC(=NC)NCc1ccc(N(CC)CC)c(F)c1. The van der Waals surface area contributed by atoms with Crippen LogP contribution in [0.3, 0.4) is 0 Å². The van der Waals surface area contributed by atoms with Gasteiger partial charge in [0.05, 0.1) is 5.69 Å². The van der Waals surface area contributed by atoms with Crippen LogP contribution >= 0.6 is 0 Å². The lowest BCUT2D eigenvalue weighted by molar-refractivity contribution is 0.616. The third kappa shape index (κ3) is 5.67. The molecule has 8 heteroatoms. The molecular weight excluding hydrogens is 345 g/mol. The number of rotatable bonds is 9. The molecule has 0 amide bonds. The summed E-state index contributed by atoms with van der Waals surface area (Å²) < 4.78 is 16.4. The quantitative estimate of drug-likeness (QED) is 0.519. The van der Waals surface area contributed by atoms with Gasteiger partial charge in [-0.05, 0) is 31.5 Å². The molecule has 148 valence electrons. The molecule has 0 radical (unpaired) electrons. The minimum Gasteiger partial charge on any atom is -0.370 e. The van der Waals surface area contributed by atoms with Crippen LogP contribution in [0.2, 0.25) is 0 Å². The van der Waals surface area contributed by atoms with E-state index in [1.807, 2.05) is 35.4 Å². The van der Waals surface area contributed by atoms with E-state index >= 15 is 0 Å². The van der Waals surface area contributed by atoms with E-state index in [1.54, 1.807) is 19.4 Å². The van der Waals surface area contributed by atoms with Crippen LogP contribution in [-0.2, 0) is 19.5 Å². The molecule has 0 bridgehead atoms. The van der Waals surface area contributed by atoms with E-state index in [0.29, 0.717) is 24.7 Å². The zero-order valence-electron chi connectivity index (χ0n) is 16.7. The Bertz CT molecular complexity index is 737. The van der Waals surface area contributed by atoms with Crippen molar-refractivity contribution in [1.82, 2.24) is 25.4 Å². The van der Waals surface area contributed by atoms with E-state index in [1.165, 1.54) is 0 Å². The first-order valence-corrected chi connectivity index (χ1v) is 9.47. The molecule has 0 spiro atoms. The second-order valence-electron chi connectivity index (χ2n) is 6.10. The van der Waals surface area contributed by atoms with Gasteiger partial charge in [-0.15, -0.1) is 10.2 Å². The number of nitrogens with one attached hydrogen (secondary N) is 2. The molecule has 0 aliphatic heterocycles. The molecule has 0 aliphatic rings. The Labute approximate surface area is 160 Å². The Kier molecular flexibility index (Phi) is 8.03. The van der Waals surface area contributed by atoms with E-state index in [0.717, 1.165) is 37.4 Å². The summed E-state index contributed by atoms with van der Waals surface area (Å²) in [4.78, 5) is 6.21. The number of hydrogen-bond acceptors (Lipinski definition) is 4. The molecule has 0 saturated carbocycles. The molecule has 0 saturated heterocycles. The predicted octanol–water partition coefficient (Wildman–Crippen LogP) is 2.19. The van der Waals surface area contributed by atoms with Gasteiger partial charge in [-0.3, -0.25) is 4.99 Å². The van der Waals surface area contributed by atoms with Crippen LogP contribution in [0.25, 0.3) is 0 Å². The van der Waals surface area contributed by atoms with Crippen LogP contribution in [0.5, 0.6) is 0 Å². The van der Waals surface area contributed by atoms with Gasteiger partial charge in [0.1, 0.15) is 18.0 Å².